The van der Waals surface area contributed by atoms with Gasteiger partial charge in [-0.2, -0.15) is 4.31 Å². The topological polar surface area (TPSA) is 185 Å². The molecule has 2 heterocycles. The Balaban J connectivity index is 0.00000486. The molecule has 4 aromatic rings. The second-order valence-electron chi connectivity index (χ2n) is 12.7. The van der Waals surface area contributed by atoms with Gasteiger partial charge in [-0.05, 0) is 114 Å². The molecule has 0 spiro atoms. The first-order valence-corrected chi connectivity index (χ1v) is 18.1. The van der Waals surface area contributed by atoms with Gasteiger partial charge in [0.2, 0.25) is 21.8 Å². The molecule has 0 radical (unpaired) electrons. The van der Waals surface area contributed by atoms with E-state index in [1.807, 2.05) is 37.3 Å². The SMILES string of the molecule is Cc1ccc(S(=O)(=O)N2CCOCC2)cc1-c1cccc(C[C@H](NC(=O)[C@H]2CC[C@H](CN)CC2)C(=O)Nc2ccc(-c3nnn[nH]3)cc2)c1.Cl. The Kier molecular flexibility index (Phi) is 12.4. The maximum absolute atomic E-state index is 13.8. The fourth-order valence-electron chi connectivity index (χ4n) is 6.49. The number of sulfonamides is 1. The molecule has 2 fully saturated rings. The fourth-order valence-corrected chi connectivity index (χ4v) is 7.93. The lowest BCUT2D eigenvalue weighted by atomic mass is 9.81. The molecular formula is C35H43ClN8O5S. The van der Waals surface area contributed by atoms with Crippen LogP contribution >= 0.6 is 12.4 Å². The van der Waals surface area contributed by atoms with Crippen LogP contribution in [0.15, 0.2) is 71.6 Å². The van der Waals surface area contributed by atoms with E-state index in [4.69, 9.17) is 10.5 Å². The molecule has 1 saturated heterocycles. The molecule has 2 aliphatic rings. The van der Waals surface area contributed by atoms with Crippen LogP contribution in [0.4, 0.5) is 5.69 Å². The van der Waals surface area contributed by atoms with Crippen LogP contribution in [-0.4, -0.2) is 84.1 Å². The first kappa shape index (κ1) is 37.1. The van der Waals surface area contributed by atoms with Crippen LogP contribution < -0.4 is 16.4 Å². The third kappa shape index (κ3) is 8.74. The summed E-state index contributed by atoms with van der Waals surface area (Å²) in [5, 5.41) is 19.8. The number of nitrogens with one attached hydrogen (secondary N) is 3. The molecule has 3 aromatic carbocycles. The van der Waals surface area contributed by atoms with Crippen molar-refractivity contribution in [3.05, 3.63) is 77.9 Å². The van der Waals surface area contributed by atoms with Crippen LogP contribution in [0, 0.1) is 18.8 Å². The van der Waals surface area contributed by atoms with E-state index in [0.29, 0.717) is 50.3 Å². The molecule has 5 N–H and O–H groups in total. The lowest BCUT2D eigenvalue weighted by molar-refractivity contribution is -0.130. The highest BCUT2D eigenvalue weighted by Crippen LogP contribution is 2.30. The van der Waals surface area contributed by atoms with Crippen molar-refractivity contribution in [2.75, 3.05) is 38.2 Å². The lowest BCUT2D eigenvalue weighted by Gasteiger charge is -2.28. The smallest absolute Gasteiger partial charge is 0.247 e. The zero-order valence-corrected chi connectivity index (χ0v) is 29.5. The highest BCUT2D eigenvalue weighted by atomic mass is 35.5. The summed E-state index contributed by atoms with van der Waals surface area (Å²) in [6, 6.07) is 19.1. The predicted octanol–water partition coefficient (Wildman–Crippen LogP) is 3.72. The van der Waals surface area contributed by atoms with E-state index < -0.39 is 16.1 Å². The van der Waals surface area contributed by atoms with Crippen LogP contribution in [0.1, 0.15) is 36.8 Å². The van der Waals surface area contributed by atoms with Crippen molar-refractivity contribution >= 4 is 39.9 Å². The van der Waals surface area contributed by atoms with E-state index in [-0.39, 0.29) is 41.5 Å². The van der Waals surface area contributed by atoms with Crippen molar-refractivity contribution in [1.29, 1.82) is 0 Å². The summed E-state index contributed by atoms with van der Waals surface area (Å²) in [6.07, 6.45) is 3.48. The van der Waals surface area contributed by atoms with Crippen LogP contribution in [0.25, 0.3) is 22.5 Å². The number of amides is 2. The Bertz CT molecular complexity index is 1860. The number of carbonyl (C=O) groups is 2. The Morgan fingerprint density at radius 3 is 2.42 bits per heavy atom. The molecule has 1 aliphatic heterocycles. The first-order chi connectivity index (χ1) is 23.7. The second kappa shape index (κ2) is 16.7. The van der Waals surface area contributed by atoms with Gasteiger partial charge in [0.05, 0.1) is 18.1 Å². The quantitative estimate of drug-likeness (QED) is 0.179. The van der Waals surface area contributed by atoms with Crippen LogP contribution in [0.2, 0.25) is 0 Å². The number of benzene rings is 3. The zero-order valence-electron chi connectivity index (χ0n) is 27.9. The number of aromatic nitrogens is 4. The van der Waals surface area contributed by atoms with Crippen molar-refractivity contribution in [2.45, 2.75) is 50.0 Å². The van der Waals surface area contributed by atoms with Gasteiger partial charge in [0, 0.05) is 36.7 Å². The summed E-state index contributed by atoms with van der Waals surface area (Å²) < 4.78 is 33.7. The minimum atomic E-state index is -3.69. The first-order valence-electron chi connectivity index (χ1n) is 16.6. The lowest BCUT2D eigenvalue weighted by Crippen LogP contribution is -2.48. The molecule has 0 unspecified atom stereocenters. The van der Waals surface area contributed by atoms with E-state index >= 15 is 0 Å². The molecule has 15 heteroatoms. The van der Waals surface area contributed by atoms with Gasteiger partial charge in [-0.15, -0.1) is 17.5 Å². The number of morpholine rings is 1. The summed E-state index contributed by atoms with van der Waals surface area (Å²) in [5.74, 6) is 0.257. The summed E-state index contributed by atoms with van der Waals surface area (Å²) in [5.41, 5.74) is 10.5. The molecule has 2 amide bonds. The largest absolute Gasteiger partial charge is 0.379 e. The second-order valence-corrected chi connectivity index (χ2v) is 14.7. The van der Waals surface area contributed by atoms with Crippen molar-refractivity contribution in [2.24, 2.45) is 17.6 Å². The average molecular weight is 723 g/mol. The van der Waals surface area contributed by atoms with E-state index in [1.54, 1.807) is 36.4 Å². The van der Waals surface area contributed by atoms with Gasteiger partial charge in [-0.3, -0.25) is 9.59 Å². The number of aromatic amines is 1. The van der Waals surface area contributed by atoms with Gasteiger partial charge in [0.15, 0.2) is 5.82 Å². The molecule has 1 aromatic heterocycles. The zero-order chi connectivity index (χ0) is 34.4. The van der Waals surface area contributed by atoms with Crippen LogP contribution in [0.5, 0.6) is 0 Å². The minimum absolute atomic E-state index is 0. The Labute approximate surface area is 298 Å². The number of hydrogen-bond acceptors (Lipinski definition) is 9. The molecule has 1 saturated carbocycles. The number of tetrazole rings is 1. The van der Waals surface area contributed by atoms with Gasteiger partial charge in [-0.1, -0.05) is 30.3 Å². The summed E-state index contributed by atoms with van der Waals surface area (Å²) in [4.78, 5) is 27.5. The monoisotopic (exact) mass is 722 g/mol. The Morgan fingerprint density at radius 1 is 1.00 bits per heavy atom. The molecule has 50 heavy (non-hydrogen) atoms. The van der Waals surface area contributed by atoms with Gasteiger partial charge < -0.3 is 21.1 Å². The number of halogens is 1. The predicted molar refractivity (Wildman–Crippen MR) is 192 cm³/mol. The molecule has 1 aliphatic carbocycles. The normalized spacial score (nSPS) is 18.8. The van der Waals surface area contributed by atoms with Gasteiger partial charge >= 0.3 is 0 Å². The average Bonchev–Trinajstić information content (AvgIpc) is 3.68. The number of aryl methyl sites for hydroxylation is 1. The van der Waals surface area contributed by atoms with Crippen LogP contribution in [0.3, 0.4) is 0 Å². The summed E-state index contributed by atoms with van der Waals surface area (Å²) in [7, 11) is -3.69. The number of hydrogen-bond donors (Lipinski definition) is 4. The van der Waals surface area contributed by atoms with E-state index in [2.05, 4.69) is 31.3 Å². The highest BCUT2D eigenvalue weighted by Gasteiger charge is 2.30. The molecule has 1 atom stereocenters. The fraction of sp³-hybridized carbons (Fsp3) is 0.400. The van der Waals surface area contributed by atoms with Crippen molar-refractivity contribution in [1.82, 2.24) is 30.2 Å². The third-order valence-electron chi connectivity index (χ3n) is 9.45. The Hall–Kier alpha value is -4.21. The maximum atomic E-state index is 13.8. The van der Waals surface area contributed by atoms with E-state index in [0.717, 1.165) is 53.5 Å². The third-order valence-corrected chi connectivity index (χ3v) is 11.3. The molecule has 6 rings (SSSR count). The van der Waals surface area contributed by atoms with Gasteiger partial charge in [0.25, 0.3) is 0 Å². The number of anilines is 1. The molecule has 266 valence electrons. The highest BCUT2D eigenvalue weighted by molar-refractivity contribution is 7.89. The maximum Gasteiger partial charge on any atom is 0.247 e. The molecule has 13 nitrogen and oxygen atoms in total. The summed E-state index contributed by atoms with van der Waals surface area (Å²) in [6.45, 7) is 3.91. The van der Waals surface area contributed by atoms with E-state index in [9.17, 15) is 18.0 Å². The minimum Gasteiger partial charge on any atom is -0.379 e. The van der Waals surface area contributed by atoms with E-state index in [1.165, 1.54) is 4.31 Å². The molecular weight excluding hydrogens is 680 g/mol. The number of nitrogens with zero attached hydrogens (tertiary/aromatic N) is 4. The summed E-state index contributed by atoms with van der Waals surface area (Å²) >= 11 is 0. The number of carbonyl (C=O) groups excluding carboxylic acids is 2. The molecule has 0 bridgehead atoms. The number of ether oxygens (including phenoxy) is 1. The number of rotatable bonds is 11. The van der Waals surface area contributed by atoms with Gasteiger partial charge in [-0.25, -0.2) is 13.5 Å². The van der Waals surface area contributed by atoms with Crippen molar-refractivity contribution in [3.8, 4) is 22.5 Å². The van der Waals surface area contributed by atoms with Gasteiger partial charge in [0.1, 0.15) is 6.04 Å². The van der Waals surface area contributed by atoms with Crippen molar-refractivity contribution in [3.63, 3.8) is 0 Å². The van der Waals surface area contributed by atoms with Crippen molar-refractivity contribution < 1.29 is 22.7 Å². The number of nitrogens with two attached hydrogens (primary N) is 1. The standard InChI is InChI=1S/C35H42N8O5S.ClH/c1-23-5-14-30(49(46,47)43-15-17-48-18-16-43)21-31(23)28-4-2-3-25(19-28)20-32(38-34(44)27-8-6-24(22-36)7-9-27)35(45)37-29-12-10-26(11-13-29)33-39-41-42-40-33;/h2-5,10-14,19,21,24,27,32H,6-9,15-18,20,22,36H2,1H3,(H,37,45)(H,38,44)(H,39,40,41,42);1H/t24-,27-,32-;/m0./s1. The Morgan fingerprint density at radius 2 is 1.74 bits per heavy atom. The van der Waals surface area contributed by atoms with Crippen LogP contribution in [-0.2, 0) is 30.8 Å². The number of H-pyrrole nitrogens is 1.